The molecule has 3 N–H and O–H groups in total. The summed E-state index contributed by atoms with van der Waals surface area (Å²) < 4.78 is 6.37. The predicted molar refractivity (Wildman–Crippen MR) is 81.6 cm³/mol. The summed E-state index contributed by atoms with van der Waals surface area (Å²) in [6.07, 6.45) is 0. The fraction of sp³-hybridized carbons (Fsp3) is 0.0714. The number of hydrogen-bond acceptors (Lipinski definition) is 3. The molecule has 0 aliphatic heterocycles. The van der Waals surface area contributed by atoms with Crippen molar-refractivity contribution in [2.45, 2.75) is 6.61 Å². The molecule has 2 rings (SSSR count). The Bertz CT molecular complexity index is 617. The second kappa shape index (κ2) is 6.74. The molecule has 2 aromatic rings. The number of halogens is 2. The normalized spacial score (nSPS) is 10.2. The minimum absolute atomic E-state index is 0.352. The van der Waals surface area contributed by atoms with Gasteiger partial charge in [0.05, 0.1) is 4.47 Å². The van der Waals surface area contributed by atoms with Gasteiger partial charge in [0.15, 0.2) is 0 Å². The van der Waals surface area contributed by atoms with Gasteiger partial charge in [0.2, 0.25) is 0 Å². The molecule has 0 heterocycles. The monoisotopic (exact) mass is 354 g/mol. The Hall–Kier alpha value is -1.56. The van der Waals surface area contributed by atoms with Crippen LogP contribution >= 0.6 is 27.5 Å². The molecule has 0 bridgehead atoms. The number of nitrogens with one attached hydrogen (secondary N) is 1. The molecule has 0 spiro atoms. The molecule has 0 aromatic heterocycles. The molecular formula is C14H12BrClN2O2. The summed E-state index contributed by atoms with van der Waals surface area (Å²) in [7, 11) is 0. The largest absolute Gasteiger partial charge is 0.488 e. The van der Waals surface area contributed by atoms with E-state index in [4.69, 9.17) is 22.2 Å². The van der Waals surface area contributed by atoms with Crippen LogP contribution in [0.4, 0.5) is 0 Å². The third kappa shape index (κ3) is 3.72. The molecule has 1 amide bonds. The minimum atomic E-state index is -0.352. The zero-order valence-corrected chi connectivity index (χ0v) is 12.7. The first kappa shape index (κ1) is 14.8. The van der Waals surface area contributed by atoms with Crippen molar-refractivity contribution in [1.29, 1.82) is 0 Å². The van der Waals surface area contributed by atoms with E-state index in [0.29, 0.717) is 27.4 Å². The number of hydrogen-bond donors (Lipinski definition) is 2. The zero-order chi connectivity index (χ0) is 14.5. The highest BCUT2D eigenvalue weighted by Gasteiger charge is 2.08. The van der Waals surface area contributed by atoms with Crippen molar-refractivity contribution in [2.75, 3.05) is 0 Å². The van der Waals surface area contributed by atoms with Crippen LogP contribution in [-0.4, -0.2) is 5.91 Å². The van der Waals surface area contributed by atoms with Crippen molar-refractivity contribution in [3.63, 3.8) is 0 Å². The van der Waals surface area contributed by atoms with Crippen LogP contribution in [0, 0.1) is 0 Å². The van der Waals surface area contributed by atoms with Crippen LogP contribution in [0.5, 0.6) is 5.75 Å². The van der Waals surface area contributed by atoms with Crippen molar-refractivity contribution in [2.24, 2.45) is 5.84 Å². The summed E-state index contributed by atoms with van der Waals surface area (Å²) in [5, 5.41) is 0.687. The lowest BCUT2D eigenvalue weighted by Gasteiger charge is -2.09. The topological polar surface area (TPSA) is 64.3 Å². The highest BCUT2D eigenvalue weighted by atomic mass is 79.9. The molecule has 0 fully saturated rings. The number of carbonyl (C=O) groups is 1. The van der Waals surface area contributed by atoms with Crippen molar-refractivity contribution < 1.29 is 9.53 Å². The summed E-state index contributed by atoms with van der Waals surface area (Å²) in [6, 6.07) is 12.4. The maximum atomic E-state index is 11.4. The number of amides is 1. The van der Waals surface area contributed by atoms with E-state index in [2.05, 4.69) is 21.4 Å². The molecule has 2 aromatic carbocycles. The lowest BCUT2D eigenvalue weighted by atomic mass is 10.2. The van der Waals surface area contributed by atoms with Gasteiger partial charge < -0.3 is 4.74 Å². The lowest BCUT2D eigenvalue weighted by Crippen LogP contribution is -2.29. The highest BCUT2D eigenvalue weighted by molar-refractivity contribution is 9.10. The third-order valence-electron chi connectivity index (χ3n) is 2.63. The fourth-order valence-electron chi connectivity index (χ4n) is 1.58. The molecule has 0 saturated heterocycles. The van der Waals surface area contributed by atoms with Gasteiger partial charge in [0.25, 0.3) is 5.91 Å². The fourth-order valence-corrected chi connectivity index (χ4v) is 2.20. The smallest absolute Gasteiger partial charge is 0.265 e. The van der Waals surface area contributed by atoms with E-state index in [1.165, 1.54) is 0 Å². The molecule has 6 heteroatoms. The molecule has 0 unspecified atom stereocenters. The Morgan fingerprint density at radius 1 is 1.25 bits per heavy atom. The number of nitrogen functional groups attached to an aromatic ring is 1. The van der Waals surface area contributed by atoms with E-state index < -0.39 is 0 Å². The number of benzene rings is 2. The first-order valence-corrected chi connectivity index (χ1v) is 6.95. The van der Waals surface area contributed by atoms with E-state index in [-0.39, 0.29) is 5.91 Å². The maximum absolute atomic E-state index is 11.4. The standard InChI is InChI=1S/C14H12BrClN2O2/c15-12-7-10(14(19)18-17)3-6-13(12)20-8-9-1-4-11(16)5-2-9/h1-7H,8,17H2,(H,18,19). The molecule has 0 saturated carbocycles. The first-order valence-electron chi connectivity index (χ1n) is 5.78. The van der Waals surface area contributed by atoms with Gasteiger partial charge in [0, 0.05) is 10.6 Å². The van der Waals surface area contributed by atoms with Crippen LogP contribution in [0.1, 0.15) is 15.9 Å². The molecule has 0 radical (unpaired) electrons. The second-order valence-corrected chi connectivity index (χ2v) is 5.32. The average molecular weight is 356 g/mol. The summed E-state index contributed by atoms with van der Waals surface area (Å²) in [6.45, 7) is 0.415. The lowest BCUT2D eigenvalue weighted by molar-refractivity contribution is 0.0953. The third-order valence-corrected chi connectivity index (χ3v) is 3.50. The van der Waals surface area contributed by atoms with Crippen LogP contribution in [0.15, 0.2) is 46.9 Å². The predicted octanol–water partition coefficient (Wildman–Crippen LogP) is 3.29. The van der Waals surface area contributed by atoms with Gasteiger partial charge in [-0.25, -0.2) is 5.84 Å². The highest BCUT2D eigenvalue weighted by Crippen LogP contribution is 2.27. The van der Waals surface area contributed by atoms with Gasteiger partial charge in [-0.3, -0.25) is 10.2 Å². The molecular weight excluding hydrogens is 344 g/mol. The van der Waals surface area contributed by atoms with Gasteiger partial charge in [-0.1, -0.05) is 23.7 Å². The molecule has 20 heavy (non-hydrogen) atoms. The van der Waals surface area contributed by atoms with Crippen LogP contribution in [0.3, 0.4) is 0 Å². The van der Waals surface area contributed by atoms with Crippen LogP contribution in [-0.2, 0) is 6.61 Å². The average Bonchev–Trinajstić information content (AvgIpc) is 2.46. The van der Waals surface area contributed by atoms with E-state index in [9.17, 15) is 4.79 Å². The summed E-state index contributed by atoms with van der Waals surface area (Å²) in [4.78, 5) is 11.4. The van der Waals surface area contributed by atoms with Gasteiger partial charge in [0.1, 0.15) is 12.4 Å². The zero-order valence-electron chi connectivity index (χ0n) is 10.4. The summed E-state index contributed by atoms with van der Waals surface area (Å²) in [5.41, 5.74) is 3.54. The van der Waals surface area contributed by atoms with Crippen molar-refractivity contribution in [3.05, 3.63) is 63.1 Å². The Morgan fingerprint density at radius 3 is 2.55 bits per heavy atom. The second-order valence-electron chi connectivity index (χ2n) is 4.03. The Balaban J connectivity index is 2.06. The Morgan fingerprint density at radius 2 is 1.95 bits per heavy atom. The van der Waals surface area contributed by atoms with E-state index in [1.807, 2.05) is 24.3 Å². The van der Waals surface area contributed by atoms with Crippen molar-refractivity contribution in [1.82, 2.24) is 5.43 Å². The number of hydrazine groups is 1. The summed E-state index contributed by atoms with van der Waals surface area (Å²) >= 11 is 9.18. The first-order chi connectivity index (χ1) is 9.60. The molecule has 0 atom stereocenters. The van der Waals surface area contributed by atoms with E-state index in [0.717, 1.165) is 5.56 Å². The minimum Gasteiger partial charge on any atom is -0.488 e. The van der Waals surface area contributed by atoms with E-state index in [1.54, 1.807) is 18.2 Å². The molecule has 104 valence electrons. The summed E-state index contributed by atoms with van der Waals surface area (Å²) in [5.74, 6) is 5.38. The quantitative estimate of drug-likeness (QED) is 0.502. The number of rotatable bonds is 4. The number of carbonyl (C=O) groups excluding carboxylic acids is 1. The van der Waals surface area contributed by atoms with Gasteiger partial charge in [-0.15, -0.1) is 0 Å². The van der Waals surface area contributed by atoms with Crippen LogP contribution < -0.4 is 16.0 Å². The van der Waals surface area contributed by atoms with Gasteiger partial charge in [-0.05, 0) is 51.8 Å². The molecule has 0 aliphatic carbocycles. The van der Waals surface area contributed by atoms with E-state index >= 15 is 0 Å². The van der Waals surface area contributed by atoms with Crippen LogP contribution in [0.25, 0.3) is 0 Å². The van der Waals surface area contributed by atoms with Crippen molar-refractivity contribution >= 4 is 33.4 Å². The molecule has 4 nitrogen and oxygen atoms in total. The Kier molecular flexibility index (Phi) is 5.00. The van der Waals surface area contributed by atoms with Crippen LogP contribution in [0.2, 0.25) is 5.02 Å². The van der Waals surface area contributed by atoms with Crippen molar-refractivity contribution in [3.8, 4) is 5.75 Å². The van der Waals surface area contributed by atoms with Gasteiger partial charge in [-0.2, -0.15) is 0 Å². The molecule has 0 aliphatic rings. The SMILES string of the molecule is NNC(=O)c1ccc(OCc2ccc(Cl)cc2)c(Br)c1. The van der Waals surface area contributed by atoms with Gasteiger partial charge >= 0.3 is 0 Å². The number of ether oxygens (including phenoxy) is 1. The Labute approximate surface area is 130 Å². The number of nitrogens with two attached hydrogens (primary N) is 1. The maximum Gasteiger partial charge on any atom is 0.265 e.